The second-order valence-corrected chi connectivity index (χ2v) is 6.08. The zero-order chi connectivity index (χ0) is 14.3. The summed E-state index contributed by atoms with van der Waals surface area (Å²) in [6, 6.07) is 8.47. The highest BCUT2D eigenvalue weighted by atomic mass is 14.9. The fourth-order valence-corrected chi connectivity index (χ4v) is 2.73. The molecule has 0 saturated carbocycles. The fourth-order valence-electron chi connectivity index (χ4n) is 2.73. The van der Waals surface area contributed by atoms with Gasteiger partial charge in [-0.2, -0.15) is 0 Å². The van der Waals surface area contributed by atoms with Crippen molar-refractivity contribution >= 4 is 0 Å². The lowest BCUT2D eigenvalue weighted by atomic mass is 9.85. The summed E-state index contributed by atoms with van der Waals surface area (Å²) in [5.41, 5.74) is 8.41. The van der Waals surface area contributed by atoms with Crippen molar-refractivity contribution in [2.45, 2.75) is 40.7 Å². The van der Waals surface area contributed by atoms with Crippen molar-refractivity contribution in [1.82, 2.24) is 5.32 Å². The summed E-state index contributed by atoms with van der Waals surface area (Å²) in [5, 5.41) is 3.61. The summed E-state index contributed by atoms with van der Waals surface area (Å²) < 4.78 is 0. The van der Waals surface area contributed by atoms with Gasteiger partial charge in [0, 0.05) is 6.54 Å². The van der Waals surface area contributed by atoms with Crippen LogP contribution < -0.4 is 11.1 Å². The van der Waals surface area contributed by atoms with Gasteiger partial charge in [-0.1, -0.05) is 52.0 Å². The van der Waals surface area contributed by atoms with Crippen LogP contribution in [-0.4, -0.2) is 13.1 Å². The van der Waals surface area contributed by atoms with Gasteiger partial charge in [0.1, 0.15) is 0 Å². The van der Waals surface area contributed by atoms with E-state index in [-0.39, 0.29) is 0 Å². The van der Waals surface area contributed by atoms with Crippen molar-refractivity contribution in [3.63, 3.8) is 0 Å². The minimum atomic E-state index is 0.636. The molecule has 0 atom stereocenters. The largest absolute Gasteiger partial charge is 0.326 e. The van der Waals surface area contributed by atoms with Crippen molar-refractivity contribution in [1.29, 1.82) is 0 Å². The van der Waals surface area contributed by atoms with Crippen molar-refractivity contribution < 1.29 is 0 Å². The molecule has 1 aromatic rings. The topological polar surface area (TPSA) is 38.0 Å². The number of nitrogens with two attached hydrogens (primary N) is 1. The molecule has 0 radical (unpaired) electrons. The first kappa shape index (κ1) is 16.2. The van der Waals surface area contributed by atoms with E-state index in [9.17, 15) is 0 Å². The summed E-state index contributed by atoms with van der Waals surface area (Å²) in [6.07, 6.45) is 1.07. The molecular weight excluding hydrogens is 232 g/mol. The minimum Gasteiger partial charge on any atom is -0.326 e. The van der Waals surface area contributed by atoms with E-state index in [1.54, 1.807) is 0 Å². The van der Waals surface area contributed by atoms with Gasteiger partial charge >= 0.3 is 0 Å². The second kappa shape index (κ2) is 8.34. The number of rotatable bonds is 8. The Kier molecular flexibility index (Phi) is 7.11. The van der Waals surface area contributed by atoms with Crippen LogP contribution in [0, 0.1) is 17.8 Å². The summed E-state index contributed by atoms with van der Waals surface area (Å²) >= 11 is 0. The van der Waals surface area contributed by atoms with Gasteiger partial charge in [-0.05, 0) is 48.4 Å². The van der Waals surface area contributed by atoms with Crippen LogP contribution in [0.2, 0.25) is 0 Å². The van der Waals surface area contributed by atoms with E-state index < -0.39 is 0 Å². The molecule has 0 amide bonds. The van der Waals surface area contributed by atoms with Gasteiger partial charge in [-0.25, -0.2) is 0 Å². The van der Waals surface area contributed by atoms with E-state index in [1.807, 2.05) is 0 Å². The predicted molar refractivity (Wildman–Crippen MR) is 84.1 cm³/mol. The standard InChI is InChI=1S/C17H30N2/c1-13(2)17(14(3)4)12-19-10-9-15-7-5-6-8-16(15)11-18/h5-8,13-14,17,19H,9-12,18H2,1-4H3. The third-order valence-corrected chi connectivity index (χ3v) is 4.00. The Bertz CT molecular complexity index is 350. The predicted octanol–water partition coefficient (Wildman–Crippen LogP) is 3.21. The Morgan fingerprint density at radius 1 is 1.00 bits per heavy atom. The molecule has 0 saturated heterocycles. The molecule has 0 aliphatic rings. The van der Waals surface area contributed by atoms with Gasteiger partial charge in [0.25, 0.3) is 0 Å². The van der Waals surface area contributed by atoms with E-state index in [0.29, 0.717) is 6.54 Å². The molecule has 108 valence electrons. The lowest BCUT2D eigenvalue weighted by Crippen LogP contribution is -2.31. The summed E-state index contributed by atoms with van der Waals surface area (Å²) in [7, 11) is 0. The molecule has 1 aromatic carbocycles. The Labute approximate surface area is 118 Å². The van der Waals surface area contributed by atoms with E-state index in [1.165, 1.54) is 11.1 Å². The smallest absolute Gasteiger partial charge is 0.0180 e. The van der Waals surface area contributed by atoms with Gasteiger partial charge in [-0.15, -0.1) is 0 Å². The molecule has 2 heteroatoms. The number of benzene rings is 1. The van der Waals surface area contributed by atoms with Gasteiger partial charge in [-0.3, -0.25) is 0 Å². The van der Waals surface area contributed by atoms with Crippen LogP contribution in [0.5, 0.6) is 0 Å². The SMILES string of the molecule is CC(C)C(CNCCc1ccccc1CN)C(C)C. The summed E-state index contributed by atoms with van der Waals surface area (Å²) in [6.45, 7) is 12.0. The molecular formula is C17H30N2. The Morgan fingerprint density at radius 3 is 2.11 bits per heavy atom. The van der Waals surface area contributed by atoms with Crippen LogP contribution in [0.3, 0.4) is 0 Å². The first-order valence-electron chi connectivity index (χ1n) is 7.53. The Balaban J connectivity index is 2.38. The third kappa shape index (κ3) is 5.33. The quantitative estimate of drug-likeness (QED) is 0.706. The van der Waals surface area contributed by atoms with Gasteiger partial charge in [0.15, 0.2) is 0 Å². The number of hydrogen-bond acceptors (Lipinski definition) is 2. The average molecular weight is 262 g/mol. The van der Waals surface area contributed by atoms with E-state index in [2.05, 4.69) is 57.3 Å². The highest BCUT2D eigenvalue weighted by Gasteiger charge is 2.16. The third-order valence-electron chi connectivity index (χ3n) is 4.00. The van der Waals surface area contributed by atoms with Crippen molar-refractivity contribution in [2.24, 2.45) is 23.5 Å². The van der Waals surface area contributed by atoms with Crippen LogP contribution in [0.15, 0.2) is 24.3 Å². The van der Waals surface area contributed by atoms with E-state index >= 15 is 0 Å². The lowest BCUT2D eigenvalue weighted by molar-refractivity contribution is 0.277. The molecule has 1 rings (SSSR count). The monoisotopic (exact) mass is 262 g/mol. The van der Waals surface area contributed by atoms with Crippen LogP contribution in [-0.2, 0) is 13.0 Å². The molecule has 0 aliphatic heterocycles. The highest BCUT2D eigenvalue weighted by molar-refractivity contribution is 5.27. The van der Waals surface area contributed by atoms with Gasteiger partial charge in [0.2, 0.25) is 0 Å². The fraction of sp³-hybridized carbons (Fsp3) is 0.647. The maximum Gasteiger partial charge on any atom is 0.0180 e. The minimum absolute atomic E-state index is 0.636. The van der Waals surface area contributed by atoms with Crippen molar-refractivity contribution in [3.8, 4) is 0 Å². The summed E-state index contributed by atoms with van der Waals surface area (Å²) in [4.78, 5) is 0. The van der Waals surface area contributed by atoms with Crippen LogP contribution in [0.25, 0.3) is 0 Å². The molecule has 0 aliphatic carbocycles. The normalized spacial score (nSPS) is 11.8. The molecule has 0 fully saturated rings. The van der Waals surface area contributed by atoms with E-state index in [0.717, 1.165) is 37.3 Å². The first-order chi connectivity index (χ1) is 9.06. The van der Waals surface area contributed by atoms with Crippen LogP contribution >= 0.6 is 0 Å². The maximum absolute atomic E-state index is 5.76. The van der Waals surface area contributed by atoms with Gasteiger partial charge in [0.05, 0.1) is 0 Å². The zero-order valence-electron chi connectivity index (χ0n) is 12.9. The number of nitrogens with one attached hydrogen (secondary N) is 1. The number of hydrogen-bond donors (Lipinski definition) is 2. The maximum atomic E-state index is 5.76. The Morgan fingerprint density at radius 2 is 1.58 bits per heavy atom. The second-order valence-electron chi connectivity index (χ2n) is 6.08. The Hall–Kier alpha value is -0.860. The molecule has 0 spiro atoms. The van der Waals surface area contributed by atoms with Gasteiger partial charge < -0.3 is 11.1 Å². The van der Waals surface area contributed by atoms with Crippen molar-refractivity contribution in [3.05, 3.63) is 35.4 Å². The molecule has 0 bridgehead atoms. The molecule has 0 aromatic heterocycles. The van der Waals surface area contributed by atoms with Crippen LogP contribution in [0.4, 0.5) is 0 Å². The molecule has 3 N–H and O–H groups in total. The molecule has 0 heterocycles. The first-order valence-corrected chi connectivity index (χ1v) is 7.53. The lowest BCUT2D eigenvalue weighted by Gasteiger charge is -2.25. The highest BCUT2D eigenvalue weighted by Crippen LogP contribution is 2.19. The molecule has 19 heavy (non-hydrogen) atoms. The van der Waals surface area contributed by atoms with Crippen molar-refractivity contribution in [2.75, 3.05) is 13.1 Å². The molecule has 2 nitrogen and oxygen atoms in total. The summed E-state index contributed by atoms with van der Waals surface area (Å²) in [5.74, 6) is 2.23. The van der Waals surface area contributed by atoms with E-state index in [4.69, 9.17) is 5.73 Å². The average Bonchev–Trinajstić information content (AvgIpc) is 2.38. The van der Waals surface area contributed by atoms with Crippen LogP contribution in [0.1, 0.15) is 38.8 Å². The molecule has 0 unspecified atom stereocenters. The zero-order valence-corrected chi connectivity index (χ0v) is 12.9.